The highest BCUT2D eigenvalue weighted by Gasteiger charge is 2.31. The van der Waals surface area contributed by atoms with E-state index in [4.69, 9.17) is 11.6 Å². The lowest BCUT2D eigenvalue weighted by atomic mass is 10.1. The summed E-state index contributed by atoms with van der Waals surface area (Å²) in [6.07, 6.45) is -3.18. The van der Waals surface area contributed by atoms with Crippen molar-refractivity contribution in [1.29, 1.82) is 0 Å². The number of aromatic nitrogens is 2. The van der Waals surface area contributed by atoms with E-state index in [9.17, 15) is 23.2 Å². The lowest BCUT2D eigenvalue weighted by Crippen LogP contribution is -2.35. The van der Waals surface area contributed by atoms with Gasteiger partial charge in [0.2, 0.25) is 5.69 Å². The molecular formula is C17H11ClF3N3O2S. The van der Waals surface area contributed by atoms with Gasteiger partial charge in [-0.3, -0.25) is 4.79 Å². The van der Waals surface area contributed by atoms with Gasteiger partial charge in [0.25, 0.3) is 5.91 Å². The summed E-state index contributed by atoms with van der Waals surface area (Å²) in [5.74, 6) is -0.510. The minimum absolute atomic E-state index is 0.0110. The Kier molecular flexibility index (Phi) is 5.33. The van der Waals surface area contributed by atoms with Crippen LogP contribution in [0.25, 0.3) is 10.6 Å². The van der Waals surface area contributed by atoms with Crippen molar-refractivity contribution >= 4 is 28.8 Å². The Hall–Kier alpha value is -2.65. The largest absolute Gasteiger partial charge is 0.618 e. The molecule has 0 fully saturated rings. The summed E-state index contributed by atoms with van der Waals surface area (Å²) in [6, 6.07) is 7.76. The van der Waals surface area contributed by atoms with Crippen molar-refractivity contribution in [1.82, 2.24) is 10.3 Å². The van der Waals surface area contributed by atoms with Crippen molar-refractivity contribution in [2.75, 3.05) is 0 Å². The number of alkyl halides is 3. The van der Waals surface area contributed by atoms with Crippen LogP contribution in [0.15, 0.2) is 48.0 Å². The molecule has 27 heavy (non-hydrogen) atoms. The van der Waals surface area contributed by atoms with Crippen LogP contribution in [-0.2, 0) is 12.7 Å². The number of amides is 1. The third-order valence-corrected chi connectivity index (χ3v) is 4.79. The van der Waals surface area contributed by atoms with Gasteiger partial charge in [-0.1, -0.05) is 11.6 Å². The highest BCUT2D eigenvalue weighted by Crippen LogP contribution is 2.36. The fourth-order valence-corrected chi connectivity index (χ4v) is 3.39. The molecule has 0 radical (unpaired) electrons. The van der Waals surface area contributed by atoms with Crippen LogP contribution in [0.1, 0.15) is 21.7 Å². The van der Waals surface area contributed by atoms with E-state index in [2.05, 4.69) is 10.3 Å². The third kappa shape index (κ3) is 4.37. The number of benzene rings is 1. The summed E-state index contributed by atoms with van der Waals surface area (Å²) in [4.78, 5) is 16.3. The average molecular weight is 414 g/mol. The number of hydrogen-bond donors (Lipinski definition) is 1. The van der Waals surface area contributed by atoms with Crippen LogP contribution in [0.2, 0.25) is 5.02 Å². The first-order chi connectivity index (χ1) is 12.8. The second kappa shape index (κ2) is 7.53. The van der Waals surface area contributed by atoms with Gasteiger partial charge in [-0.15, -0.1) is 11.3 Å². The van der Waals surface area contributed by atoms with E-state index in [1.165, 1.54) is 17.6 Å². The number of hydrogen-bond acceptors (Lipinski definition) is 4. The van der Waals surface area contributed by atoms with Gasteiger partial charge in [0.15, 0.2) is 6.20 Å². The van der Waals surface area contributed by atoms with Crippen molar-refractivity contribution in [3.05, 3.63) is 75.2 Å². The molecular weight excluding hydrogens is 403 g/mol. The molecule has 10 heteroatoms. The van der Waals surface area contributed by atoms with Gasteiger partial charge in [-0.2, -0.15) is 17.9 Å². The highest BCUT2D eigenvalue weighted by atomic mass is 35.5. The summed E-state index contributed by atoms with van der Waals surface area (Å²) >= 11 is 7.02. The number of carbonyl (C=O) groups excluding carboxylic acids is 1. The maximum atomic E-state index is 12.7. The van der Waals surface area contributed by atoms with Crippen molar-refractivity contribution in [2.24, 2.45) is 0 Å². The van der Waals surface area contributed by atoms with E-state index in [1.54, 1.807) is 18.2 Å². The maximum Gasteiger partial charge on any atom is 0.416 e. The van der Waals surface area contributed by atoms with Crippen LogP contribution in [0.3, 0.4) is 0 Å². The molecule has 0 atom stereocenters. The van der Waals surface area contributed by atoms with E-state index < -0.39 is 17.6 Å². The highest BCUT2D eigenvalue weighted by molar-refractivity contribution is 7.13. The fraction of sp³-hybridized carbons (Fsp3) is 0.118. The molecule has 0 bridgehead atoms. The Morgan fingerprint density at radius 3 is 2.74 bits per heavy atom. The smallest absolute Gasteiger partial charge is 0.416 e. The zero-order chi connectivity index (χ0) is 19.6. The molecule has 3 rings (SSSR count). The van der Waals surface area contributed by atoms with E-state index in [-0.39, 0.29) is 17.3 Å². The zero-order valence-corrected chi connectivity index (χ0v) is 15.0. The van der Waals surface area contributed by atoms with Crippen LogP contribution in [-0.4, -0.2) is 10.9 Å². The molecule has 0 saturated carbocycles. The first kappa shape index (κ1) is 19.1. The quantitative estimate of drug-likeness (QED) is 0.518. The lowest BCUT2D eigenvalue weighted by Gasteiger charge is -2.08. The van der Waals surface area contributed by atoms with Gasteiger partial charge < -0.3 is 10.5 Å². The van der Waals surface area contributed by atoms with Crippen molar-refractivity contribution < 1.29 is 22.7 Å². The summed E-state index contributed by atoms with van der Waals surface area (Å²) < 4.78 is 38.8. The van der Waals surface area contributed by atoms with Crippen LogP contribution in [0, 0.1) is 5.21 Å². The molecule has 1 N–H and O–H groups in total. The van der Waals surface area contributed by atoms with E-state index in [0.717, 1.165) is 23.5 Å². The molecule has 5 nitrogen and oxygen atoms in total. The number of halogens is 4. The minimum atomic E-state index is -4.49. The van der Waals surface area contributed by atoms with Crippen LogP contribution < -0.4 is 10.0 Å². The SMILES string of the molecule is O=C(NCc1cccc[n+]1[O-])c1csc(-c2ccc(C(F)(F)F)cc2Cl)n1. The predicted octanol–water partition coefficient (Wildman–Crippen LogP) is 4.05. The summed E-state index contributed by atoms with van der Waals surface area (Å²) in [5.41, 5.74) is -0.125. The summed E-state index contributed by atoms with van der Waals surface area (Å²) in [7, 11) is 0. The van der Waals surface area contributed by atoms with Crippen LogP contribution >= 0.6 is 22.9 Å². The van der Waals surface area contributed by atoms with E-state index in [0.29, 0.717) is 21.0 Å². The Balaban J connectivity index is 1.75. The molecule has 3 aromatic rings. The van der Waals surface area contributed by atoms with Gasteiger partial charge in [0.05, 0.1) is 10.6 Å². The second-order valence-corrected chi connectivity index (χ2v) is 6.70. The van der Waals surface area contributed by atoms with Crippen molar-refractivity contribution in [3.8, 4) is 10.6 Å². The van der Waals surface area contributed by atoms with Crippen LogP contribution in [0.5, 0.6) is 0 Å². The lowest BCUT2D eigenvalue weighted by molar-refractivity contribution is -0.614. The van der Waals surface area contributed by atoms with E-state index in [1.807, 2.05) is 0 Å². The van der Waals surface area contributed by atoms with Gasteiger partial charge in [0.1, 0.15) is 17.2 Å². The number of carbonyl (C=O) groups is 1. The minimum Gasteiger partial charge on any atom is -0.618 e. The molecule has 0 unspecified atom stereocenters. The number of rotatable bonds is 4. The predicted molar refractivity (Wildman–Crippen MR) is 94.1 cm³/mol. The Morgan fingerprint density at radius 1 is 1.30 bits per heavy atom. The van der Waals surface area contributed by atoms with E-state index >= 15 is 0 Å². The molecule has 2 heterocycles. The van der Waals surface area contributed by atoms with Crippen LogP contribution in [0.4, 0.5) is 13.2 Å². The van der Waals surface area contributed by atoms with Gasteiger partial charge in [-0.25, -0.2) is 4.98 Å². The monoisotopic (exact) mass is 413 g/mol. The summed E-state index contributed by atoms with van der Waals surface area (Å²) in [5, 5.41) is 15.8. The van der Waals surface area contributed by atoms with Gasteiger partial charge in [0, 0.05) is 23.1 Å². The molecule has 0 aliphatic carbocycles. The normalized spacial score (nSPS) is 11.4. The number of pyridine rings is 1. The molecule has 0 aliphatic rings. The van der Waals surface area contributed by atoms with Crippen molar-refractivity contribution in [3.63, 3.8) is 0 Å². The first-order valence-electron chi connectivity index (χ1n) is 7.53. The summed E-state index contributed by atoms with van der Waals surface area (Å²) in [6.45, 7) is 0.0110. The number of thiazole rings is 1. The Labute approximate surface area is 160 Å². The Bertz CT molecular complexity index is 992. The maximum absolute atomic E-state index is 12.7. The topological polar surface area (TPSA) is 68.9 Å². The molecule has 1 aromatic carbocycles. The second-order valence-electron chi connectivity index (χ2n) is 5.43. The first-order valence-corrected chi connectivity index (χ1v) is 8.79. The molecule has 0 spiro atoms. The molecule has 140 valence electrons. The standard InChI is InChI=1S/C17H11ClF3N3O2S/c18-13-7-10(17(19,20)21)4-5-12(13)16-23-14(9-27-16)15(25)22-8-11-3-1-2-6-24(11)26/h1-7,9H,8H2,(H,22,25). The number of nitrogens with one attached hydrogen (secondary N) is 1. The van der Waals surface area contributed by atoms with Gasteiger partial charge in [-0.05, 0) is 24.3 Å². The van der Waals surface area contributed by atoms with Crippen molar-refractivity contribution in [2.45, 2.75) is 12.7 Å². The van der Waals surface area contributed by atoms with Gasteiger partial charge >= 0.3 is 6.18 Å². The molecule has 0 aliphatic heterocycles. The molecule has 0 saturated heterocycles. The average Bonchev–Trinajstić information content (AvgIpc) is 3.10. The fourth-order valence-electron chi connectivity index (χ4n) is 2.23. The zero-order valence-electron chi connectivity index (χ0n) is 13.5. The Morgan fingerprint density at radius 2 is 2.07 bits per heavy atom. The number of nitrogens with zero attached hydrogens (tertiary/aromatic N) is 2. The third-order valence-electron chi connectivity index (χ3n) is 3.60. The molecule has 1 amide bonds. The molecule has 2 aromatic heterocycles.